The van der Waals surface area contributed by atoms with Gasteiger partial charge in [-0.1, -0.05) is 13.8 Å². The number of ether oxygens (including phenoxy) is 1. The van der Waals surface area contributed by atoms with E-state index in [2.05, 4.69) is 37.6 Å². The van der Waals surface area contributed by atoms with E-state index in [-0.39, 0.29) is 11.6 Å². The van der Waals surface area contributed by atoms with Crippen LogP contribution in [0.5, 0.6) is 0 Å². The summed E-state index contributed by atoms with van der Waals surface area (Å²) in [5, 5.41) is 2.13. The standard InChI is InChI=1S/C15H26N2OS/c1-11-12(5-10-19-11)13(17-16)15(18-4)8-6-14(2,3)7-9-15/h5,10,13,17H,6-9,16H2,1-4H3. The summed E-state index contributed by atoms with van der Waals surface area (Å²) in [6.45, 7) is 6.83. The third-order valence-corrected chi connectivity index (χ3v) is 5.62. The van der Waals surface area contributed by atoms with Crippen LogP contribution in [0, 0.1) is 12.3 Å². The molecular weight excluding hydrogens is 256 g/mol. The van der Waals surface area contributed by atoms with Gasteiger partial charge in [0.05, 0.1) is 11.6 Å². The highest BCUT2D eigenvalue weighted by molar-refractivity contribution is 7.10. The Balaban J connectivity index is 2.27. The van der Waals surface area contributed by atoms with Gasteiger partial charge < -0.3 is 4.74 Å². The van der Waals surface area contributed by atoms with E-state index in [4.69, 9.17) is 10.6 Å². The first-order valence-corrected chi connectivity index (χ1v) is 7.87. The van der Waals surface area contributed by atoms with E-state index in [1.54, 1.807) is 11.3 Å². The Hall–Kier alpha value is -0.420. The molecule has 0 radical (unpaired) electrons. The fourth-order valence-electron chi connectivity index (χ4n) is 3.18. The molecule has 0 saturated heterocycles. The zero-order valence-electron chi connectivity index (χ0n) is 12.5. The smallest absolute Gasteiger partial charge is 0.0886 e. The largest absolute Gasteiger partial charge is 0.376 e. The number of methoxy groups -OCH3 is 1. The molecule has 108 valence electrons. The van der Waals surface area contributed by atoms with Crippen LogP contribution in [0.15, 0.2) is 11.4 Å². The van der Waals surface area contributed by atoms with E-state index in [1.165, 1.54) is 23.3 Å². The topological polar surface area (TPSA) is 47.3 Å². The summed E-state index contributed by atoms with van der Waals surface area (Å²) < 4.78 is 5.97. The lowest BCUT2D eigenvalue weighted by atomic mass is 9.67. The second-order valence-corrected chi connectivity index (χ2v) is 7.59. The molecule has 1 aliphatic rings. The molecule has 0 spiro atoms. The van der Waals surface area contributed by atoms with Gasteiger partial charge in [-0.15, -0.1) is 11.3 Å². The van der Waals surface area contributed by atoms with Gasteiger partial charge in [-0.05, 0) is 55.0 Å². The van der Waals surface area contributed by atoms with Crippen LogP contribution in [-0.4, -0.2) is 12.7 Å². The van der Waals surface area contributed by atoms with Gasteiger partial charge >= 0.3 is 0 Å². The molecule has 1 atom stereocenters. The number of rotatable bonds is 4. The van der Waals surface area contributed by atoms with E-state index in [1.807, 2.05) is 7.11 Å². The molecule has 1 heterocycles. The van der Waals surface area contributed by atoms with E-state index < -0.39 is 0 Å². The second-order valence-electron chi connectivity index (χ2n) is 6.46. The third-order valence-electron chi connectivity index (χ3n) is 4.76. The fraction of sp³-hybridized carbons (Fsp3) is 0.733. The van der Waals surface area contributed by atoms with Crippen molar-refractivity contribution >= 4 is 11.3 Å². The fourth-order valence-corrected chi connectivity index (χ4v) is 3.92. The molecular formula is C15H26N2OS. The molecule has 2 rings (SSSR count). The summed E-state index contributed by atoms with van der Waals surface area (Å²) >= 11 is 1.77. The number of aryl methyl sites for hydroxylation is 1. The SMILES string of the molecule is COC1(C(NN)c2ccsc2C)CCC(C)(C)CC1. The second kappa shape index (κ2) is 5.52. The molecule has 1 aromatic heterocycles. The Labute approximate surface area is 120 Å². The maximum atomic E-state index is 5.97. The molecule has 1 fully saturated rings. The number of nitrogens with one attached hydrogen (secondary N) is 1. The molecule has 0 amide bonds. The van der Waals surface area contributed by atoms with Crippen molar-refractivity contribution in [3.8, 4) is 0 Å². The van der Waals surface area contributed by atoms with Crippen LogP contribution in [0.2, 0.25) is 0 Å². The monoisotopic (exact) mass is 282 g/mol. The van der Waals surface area contributed by atoms with Gasteiger partial charge in [0.15, 0.2) is 0 Å². The quantitative estimate of drug-likeness (QED) is 0.656. The van der Waals surface area contributed by atoms with Crippen LogP contribution >= 0.6 is 11.3 Å². The van der Waals surface area contributed by atoms with Crippen LogP contribution in [0.4, 0.5) is 0 Å². The molecule has 1 aliphatic carbocycles. The van der Waals surface area contributed by atoms with Crippen molar-refractivity contribution in [1.29, 1.82) is 0 Å². The zero-order chi connectivity index (χ0) is 14.1. The summed E-state index contributed by atoms with van der Waals surface area (Å²) in [7, 11) is 1.82. The van der Waals surface area contributed by atoms with E-state index in [9.17, 15) is 0 Å². The normalized spacial score (nSPS) is 23.2. The Morgan fingerprint density at radius 3 is 2.37 bits per heavy atom. The first kappa shape index (κ1) is 15.0. The lowest BCUT2D eigenvalue weighted by Gasteiger charge is -2.46. The third kappa shape index (κ3) is 2.87. The molecule has 0 aromatic carbocycles. The van der Waals surface area contributed by atoms with Crippen molar-refractivity contribution in [3.05, 3.63) is 21.9 Å². The van der Waals surface area contributed by atoms with Crippen LogP contribution in [0.25, 0.3) is 0 Å². The predicted molar refractivity (Wildman–Crippen MR) is 81.1 cm³/mol. The highest BCUT2D eigenvalue weighted by Crippen LogP contribution is 2.47. The van der Waals surface area contributed by atoms with Gasteiger partial charge in [0.25, 0.3) is 0 Å². The average Bonchev–Trinajstić information content (AvgIpc) is 2.79. The molecule has 1 aromatic rings. The summed E-state index contributed by atoms with van der Waals surface area (Å²) in [5.74, 6) is 5.87. The van der Waals surface area contributed by atoms with Crippen LogP contribution in [0.3, 0.4) is 0 Å². The Bertz CT molecular complexity index is 418. The van der Waals surface area contributed by atoms with E-state index >= 15 is 0 Å². The maximum absolute atomic E-state index is 5.97. The van der Waals surface area contributed by atoms with E-state index in [0.717, 1.165) is 12.8 Å². The summed E-state index contributed by atoms with van der Waals surface area (Å²) in [6, 6.07) is 2.25. The predicted octanol–water partition coefficient (Wildman–Crippen LogP) is 3.55. The first-order valence-electron chi connectivity index (χ1n) is 6.99. The Morgan fingerprint density at radius 2 is 1.95 bits per heavy atom. The Morgan fingerprint density at radius 1 is 1.32 bits per heavy atom. The van der Waals surface area contributed by atoms with Crippen LogP contribution in [-0.2, 0) is 4.74 Å². The minimum Gasteiger partial charge on any atom is -0.376 e. The number of hydrogen-bond donors (Lipinski definition) is 2. The van der Waals surface area contributed by atoms with Crippen molar-refractivity contribution in [2.45, 2.75) is 58.1 Å². The van der Waals surface area contributed by atoms with Gasteiger partial charge in [0, 0.05) is 12.0 Å². The van der Waals surface area contributed by atoms with Crippen molar-refractivity contribution in [2.24, 2.45) is 11.3 Å². The number of hydrogen-bond acceptors (Lipinski definition) is 4. The molecule has 19 heavy (non-hydrogen) atoms. The maximum Gasteiger partial charge on any atom is 0.0886 e. The van der Waals surface area contributed by atoms with Crippen molar-refractivity contribution in [2.75, 3.05) is 7.11 Å². The summed E-state index contributed by atoms with van der Waals surface area (Å²) in [6.07, 6.45) is 4.48. The Kier molecular flexibility index (Phi) is 4.35. The van der Waals surface area contributed by atoms with Crippen molar-refractivity contribution in [1.82, 2.24) is 5.43 Å². The van der Waals surface area contributed by atoms with Gasteiger partial charge in [-0.25, -0.2) is 0 Å². The van der Waals surface area contributed by atoms with Gasteiger partial charge in [-0.2, -0.15) is 0 Å². The minimum atomic E-state index is -0.171. The molecule has 1 unspecified atom stereocenters. The number of hydrazine groups is 1. The minimum absolute atomic E-state index is 0.0832. The zero-order valence-corrected chi connectivity index (χ0v) is 13.3. The van der Waals surface area contributed by atoms with Gasteiger partial charge in [0.1, 0.15) is 0 Å². The molecule has 1 saturated carbocycles. The van der Waals surface area contributed by atoms with E-state index in [0.29, 0.717) is 5.41 Å². The molecule has 0 bridgehead atoms. The van der Waals surface area contributed by atoms with Crippen LogP contribution < -0.4 is 11.3 Å². The van der Waals surface area contributed by atoms with Crippen LogP contribution in [0.1, 0.15) is 56.0 Å². The molecule has 3 nitrogen and oxygen atoms in total. The van der Waals surface area contributed by atoms with Gasteiger partial charge in [0.2, 0.25) is 0 Å². The summed E-state index contributed by atoms with van der Waals surface area (Å²) in [5.41, 5.74) is 4.55. The number of thiophene rings is 1. The number of nitrogens with two attached hydrogens (primary N) is 1. The highest BCUT2D eigenvalue weighted by Gasteiger charge is 2.45. The average molecular weight is 282 g/mol. The van der Waals surface area contributed by atoms with Crippen molar-refractivity contribution in [3.63, 3.8) is 0 Å². The lowest BCUT2D eigenvalue weighted by Crippen LogP contribution is -2.51. The van der Waals surface area contributed by atoms with Crippen molar-refractivity contribution < 1.29 is 4.74 Å². The van der Waals surface area contributed by atoms with Gasteiger partial charge in [-0.3, -0.25) is 11.3 Å². The lowest BCUT2D eigenvalue weighted by molar-refractivity contribution is -0.0877. The first-order chi connectivity index (χ1) is 8.94. The molecule has 0 aliphatic heterocycles. The molecule has 4 heteroatoms. The molecule has 3 N–H and O–H groups in total. The summed E-state index contributed by atoms with van der Waals surface area (Å²) in [4.78, 5) is 1.32. The highest BCUT2D eigenvalue weighted by atomic mass is 32.1.